The first-order chi connectivity index (χ1) is 8.66. The molecule has 18 heavy (non-hydrogen) atoms. The smallest absolute Gasteiger partial charge is 0.344 e. The van der Waals surface area contributed by atoms with Crippen molar-refractivity contribution >= 4 is 17.7 Å². The van der Waals surface area contributed by atoms with Crippen LogP contribution in [0, 0.1) is 0 Å². The lowest BCUT2D eigenvalue weighted by atomic mass is 10.6. The molecule has 96 valence electrons. The predicted molar refractivity (Wildman–Crippen MR) is 61.2 cm³/mol. The fourth-order valence-corrected chi connectivity index (χ4v) is 1.98. The van der Waals surface area contributed by atoms with Gasteiger partial charge in [0.1, 0.15) is 0 Å². The van der Waals surface area contributed by atoms with Gasteiger partial charge in [0.2, 0.25) is 0 Å². The maximum Gasteiger partial charge on any atom is 0.344 e. The van der Waals surface area contributed by atoms with Crippen molar-refractivity contribution in [3.63, 3.8) is 0 Å². The molecule has 2 rings (SSSR count). The first-order valence-corrected chi connectivity index (χ1v) is 5.99. The highest BCUT2D eigenvalue weighted by atomic mass is 32.2. The van der Waals surface area contributed by atoms with Gasteiger partial charge >= 0.3 is 11.7 Å². The summed E-state index contributed by atoms with van der Waals surface area (Å²) < 4.78 is 2.94. The molecule has 2 N–H and O–H groups in total. The molecule has 10 heteroatoms. The van der Waals surface area contributed by atoms with Gasteiger partial charge in [0.25, 0.3) is 0 Å². The van der Waals surface area contributed by atoms with Crippen molar-refractivity contribution in [2.24, 2.45) is 0 Å². The van der Waals surface area contributed by atoms with Gasteiger partial charge in [-0.25, -0.2) is 9.89 Å². The van der Waals surface area contributed by atoms with Crippen molar-refractivity contribution in [3.8, 4) is 0 Å². The molecule has 0 bridgehead atoms. The van der Waals surface area contributed by atoms with Crippen molar-refractivity contribution in [2.45, 2.75) is 18.2 Å². The van der Waals surface area contributed by atoms with E-state index in [4.69, 9.17) is 5.11 Å². The third kappa shape index (κ3) is 2.97. The number of carbonyl (C=O) groups is 1. The highest BCUT2D eigenvalue weighted by Gasteiger charge is 2.10. The lowest BCUT2D eigenvalue weighted by Gasteiger charge is -2.03. The van der Waals surface area contributed by atoms with Crippen LogP contribution in [0.5, 0.6) is 0 Å². The quantitative estimate of drug-likeness (QED) is 0.649. The molecule has 0 aliphatic heterocycles. The largest absolute Gasteiger partial charge is 0.481 e. The first-order valence-electron chi connectivity index (χ1n) is 5.00. The maximum atomic E-state index is 11.5. The third-order valence-electron chi connectivity index (χ3n) is 2.07. The summed E-state index contributed by atoms with van der Waals surface area (Å²) in [5.41, 5.74) is -0.372. The Morgan fingerprint density at radius 2 is 2.33 bits per heavy atom. The molecule has 0 radical (unpaired) electrons. The molecule has 2 aromatic heterocycles. The van der Waals surface area contributed by atoms with Gasteiger partial charge in [-0.1, -0.05) is 17.0 Å². The number of aromatic amines is 1. The Hall–Kier alpha value is -2.10. The summed E-state index contributed by atoms with van der Waals surface area (Å²) >= 11 is 0.989. The van der Waals surface area contributed by atoms with Crippen LogP contribution in [0.15, 0.2) is 22.3 Å². The average Bonchev–Trinajstić information content (AvgIpc) is 2.94. The highest BCUT2D eigenvalue weighted by Crippen LogP contribution is 2.12. The van der Waals surface area contributed by atoms with Gasteiger partial charge in [-0.15, -0.1) is 10.2 Å². The lowest BCUT2D eigenvalue weighted by molar-refractivity contribution is -0.133. The van der Waals surface area contributed by atoms with Crippen molar-refractivity contribution in [3.05, 3.63) is 22.9 Å². The standard InChI is InChI=1S/C8H10N6O3S/c15-6(16)5-18-8-11-10-7(17)14(8)4-3-13-2-1-9-12-13/h1-2H,3-5H2,(H,10,17)(H,15,16). The molecule has 0 fully saturated rings. The van der Waals surface area contributed by atoms with Crippen LogP contribution in [-0.4, -0.2) is 46.6 Å². The van der Waals surface area contributed by atoms with Gasteiger partial charge < -0.3 is 5.11 Å². The van der Waals surface area contributed by atoms with E-state index in [1.165, 1.54) is 10.8 Å². The van der Waals surface area contributed by atoms with Gasteiger partial charge in [0.15, 0.2) is 5.16 Å². The molecule has 2 heterocycles. The number of carboxylic acids is 1. The first kappa shape index (κ1) is 12.4. The van der Waals surface area contributed by atoms with Gasteiger partial charge in [-0.2, -0.15) is 0 Å². The number of hydrogen-bond donors (Lipinski definition) is 2. The van der Waals surface area contributed by atoms with Crippen LogP contribution in [0.25, 0.3) is 0 Å². The molecule has 0 spiro atoms. The molecule has 0 amide bonds. The van der Waals surface area contributed by atoms with Crippen molar-refractivity contribution in [1.29, 1.82) is 0 Å². The van der Waals surface area contributed by atoms with E-state index in [1.54, 1.807) is 10.9 Å². The van der Waals surface area contributed by atoms with Crippen molar-refractivity contribution in [1.82, 2.24) is 29.8 Å². The van der Waals surface area contributed by atoms with Crippen LogP contribution in [0.3, 0.4) is 0 Å². The summed E-state index contributed by atoms with van der Waals surface area (Å²) in [4.78, 5) is 21.9. The highest BCUT2D eigenvalue weighted by molar-refractivity contribution is 7.99. The fourth-order valence-electron chi connectivity index (χ4n) is 1.29. The summed E-state index contributed by atoms with van der Waals surface area (Å²) in [6, 6.07) is 0. The minimum atomic E-state index is -0.960. The van der Waals surface area contributed by atoms with Gasteiger partial charge in [-0.05, 0) is 0 Å². The SMILES string of the molecule is O=C(O)CSc1n[nH]c(=O)n1CCn1ccnn1. The van der Waals surface area contributed by atoms with E-state index in [1.807, 2.05) is 0 Å². The van der Waals surface area contributed by atoms with Crippen LogP contribution in [-0.2, 0) is 17.9 Å². The lowest BCUT2D eigenvalue weighted by Crippen LogP contribution is -2.21. The molecule has 0 saturated heterocycles. The Morgan fingerprint density at radius 1 is 1.50 bits per heavy atom. The van der Waals surface area contributed by atoms with E-state index in [-0.39, 0.29) is 11.4 Å². The summed E-state index contributed by atoms with van der Waals surface area (Å²) in [7, 11) is 0. The molecule has 0 aliphatic carbocycles. The van der Waals surface area contributed by atoms with Gasteiger partial charge in [0.05, 0.1) is 18.5 Å². The van der Waals surface area contributed by atoms with E-state index in [0.29, 0.717) is 18.2 Å². The molecular formula is C8H10N6O3S. The Morgan fingerprint density at radius 3 is 3.00 bits per heavy atom. The van der Waals surface area contributed by atoms with Gasteiger partial charge in [0, 0.05) is 12.7 Å². The van der Waals surface area contributed by atoms with Crippen LogP contribution in [0.4, 0.5) is 0 Å². The number of aliphatic carboxylic acids is 1. The molecule has 0 aliphatic rings. The summed E-state index contributed by atoms with van der Waals surface area (Å²) in [6.07, 6.45) is 3.22. The maximum absolute atomic E-state index is 11.5. The number of aromatic nitrogens is 6. The number of H-pyrrole nitrogens is 1. The Bertz CT molecular complexity index is 574. The summed E-state index contributed by atoms with van der Waals surface area (Å²) in [5.74, 6) is -1.11. The molecule has 0 aromatic carbocycles. The van der Waals surface area contributed by atoms with E-state index in [9.17, 15) is 9.59 Å². The van der Waals surface area contributed by atoms with Crippen LogP contribution in [0.1, 0.15) is 0 Å². The molecule has 2 aromatic rings. The van der Waals surface area contributed by atoms with Crippen LogP contribution < -0.4 is 5.69 Å². The summed E-state index contributed by atoms with van der Waals surface area (Å²) in [6.45, 7) is 0.806. The number of rotatable bonds is 6. The zero-order valence-electron chi connectivity index (χ0n) is 9.18. The monoisotopic (exact) mass is 270 g/mol. The number of nitrogens with zero attached hydrogens (tertiary/aromatic N) is 5. The minimum absolute atomic E-state index is 0.145. The third-order valence-corrected chi connectivity index (χ3v) is 3.03. The second-order valence-electron chi connectivity index (χ2n) is 3.31. The topological polar surface area (TPSA) is 119 Å². The number of carboxylic acid groups (broad SMARTS) is 1. The predicted octanol–water partition coefficient (Wildman–Crippen LogP) is -0.960. The zero-order valence-corrected chi connectivity index (χ0v) is 10.0. The van der Waals surface area contributed by atoms with E-state index in [2.05, 4.69) is 20.5 Å². The molecule has 0 unspecified atom stereocenters. The van der Waals surface area contributed by atoms with Crippen LogP contribution >= 0.6 is 11.8 Å². The minimum Gasteiger partial charge on any atom is -0.481 e. The zero-order chi connectivity index (χ0) is 13.0. The normalized spacial score (nSPS) is 10.7. The van der Waals surface area contributed by atoms with Crippen LogP contribution in [0.2, 0.25) is 0 Å². The molecule has 0 saturated carbocycles. The Balaban J connectivity index is 2.04. The fraction of sp³-hybridized carbons (Fsp3) is 0.375. The van der Waals surface area contributed by atoms with Gasteiger partial charge in [-0.3, -0.25) is 14.0 Å². The Labute approximate surface area is 105 Å². The number of aryl methyl sites for hydroxylation is 1. The average molecular weight is 270 g/mol. The van der Waals surface area contributed by atoms with Crippen molar-refractivity contribution < 1.29 is 9.90 Å². The number of hydrogen-bond acceptors (Lipinski definition) is 6. The molecule has 9 nitrogen and oxygen atoms in total. The molecular weight excluding hydrogens is 260 g/mol. The molecule has 0 atom stereocenters. The van der Waals surface area contributed by atoms with Crippen molar-refractivity contribution in [2.75, 3.05) is 5.75 Å². The second-order valence-corrected chi connectivity index (χ2v) is 4.25. The van der Waals surface area contributed by atoms with E-state index in [0.717, 1.165) is 11.8 Å². The second kappa shape index (κ2) is 5.49. The number of nitrogens with one attached hydrogen (secondary N) is 1. The number of thioether (sulfide) groups is 1. The summed E-state index contributed by atoms with van der Waals surface area (Å²) in [5, 5.41) is 22.4. The van der Waals surface area contributed by atoms with E-state index < -0.39 is 5.97 Å². The Kier molecular flexibility index (Phi) is 3.77. The van der Waals surface area contributed by atoms with E-state index >= 15 is 0 Å².